The minimum absolute atomic E-state index is 0.424. The normalized spacial score (nSPS) is 48.4. The highest BCUT2D eigenvalue weighted by atomic mass is 16.3. The zero-order valence-corrected chi connectivity index (χ0v) is 10.4. The van der Waals surface area contributed by atoms with E-state index >= 15 is 0 Å². The van der Waals surface area contributed by atoms with E-state index in [4.69, 9.17) is 0 Å². The number of likely N-dealkylation sites (tertiary alicyclic amines) is 1. The van der Waals surface area contributed by atoms with Gasteiger partial charge in [0.1, 0.15) is 0 Å². The van der Waals surface area contributed by atoms with Crippen molar-refractivity contribution >= 4 is 0 Å². The molecule has 2 fully saturated rings. The lowest BCUT2D eigenvalue weighted by Crippen LogP contribution is -2.41. The third-order valence-electron chi connectivity index (χ3n) is 4.57. The first-order valence-electron chi connectivity index (χ1n) is 6.44. The van der Waals surface area contributed by atoms with Gasteiger partial charge in [-0.1, -0.05) is 13.8 Å². The second-order valence-electron chi connectivity index (χ2n) is 6.14. The van der Waals surface area contributed by atoms with E-state index in [9.17, 15) is 5.11 Å². The molecule has 2 rings (SSSR count). The van der Waals surface area contributed by atoms with Gasteiger partial charge in [-0.05, 0) is 44.4 Å². The second-order valence-corrected chi connectivity index (χ2v) is 6.14. The highest BCUT2D eigenvalue weighted by Gasteiger charge is 2.37. The van der Waals surface area contributed by atoms with E-state index in [1.807, 2.05) is 6.92 Å². The van der Waals surface area contributed by atoms with Gasteiger partial charge in [0.25, 0.3) is 0 Å². The first kappa shape index (κ1) is 11.4. The third-order valence-corrected chi connectivity index (χ3v) is 4.57. The predicted molar refractivity (Wildman–Crippen MR) is 62.8 cm³/mol. The summed E-state index contributed by atoms with van der Waals surface area (Å²) in [7, 11) is 0. The van der Waals surface area contributed by atoms with Crippen LogP contribution >= 0.6 is 0 Å². The number of nitrogens with zero attached hydrogens (tertiary/aromatic N) is 1. The maximum absolute atomic E-state index is 9.97. The first-order chi connectivity index (χ1) is 6.98. The smallest absolute Gasteiger partial charge is 0.0758 e. The Morgan fingerprint density at radius 1 is 1.20 bits per heavy atom. The van der Waals surface area contributed by atoms with E-state index in [1.54, 1.807) is 0 Å². The Labute approximate surface area is 93.7 Å². The topological polar surface area (TPSA) is 23.5 Å². The van der Waals surface area contributed by atoms with Crippen molar-refractivity contribution in [3.8, 4) is 0 Å². The molecule has 0 radical (unpaired) electrons. The van der Waals surface area contributed by atoms with Gasteiger partial charge >= 0.3 is 0 Å². The number of β-amino-alcohol motifs (C(OH)–C–C–N with tert-alkyl or cyclic N) is 1. The molecule has 2 nitrogen and oxygen atoms in total. The van der Waals surface area contributed by atoms with Gasteiger partial charge in [0.2, 0.25) is 0 Å². The number of rotatable bonds is 1. The predicted octanol–water partition coefficient (Wildman–Crippen LogP) is 2.27. The van der Waals surface area contributed by atoms with E-state index in [0.717, 1.165) is 37.4 Å². The van der Waals surface area contributed by atoms with Gasteiger partial charge in [-0.15, -0.1) is 0 Å². The van der Waals surface area contributed by atoms with Crippen LogP contribution in [-0.4, -0.2) is 34.7 Å². The summed E-state index contributed by atoms with van der Waals surface area (Å²) in [5, 5.41) is 9.97. The Morgan fingerprint density at radius 2 is 1.93 bits per heavy atom. The summed E-state index contributed by atoms with van der Waals surface area (Å²) in [4.78, 5) is 2.52. The van der Waals surface area contributed by atoms with Crippen LogP contribution in [0.1, 0.15) is 46.5 Å². The molecule has 0 bridgehead atoms. The number of hydrogen-bond acceptors (Lipinski definition) is 2. The Morgan fingerprint density at radius 3 is 2.47 bits per heavy atom. The minimum Gasteiger partial charge on any atom is -0.389 e. The van der Waals surface area contributed by atoms with Crippen LogP contribution in [0.4, 0.5) is 0 Å². The van der Waals surface area contributed by atoms with Crippen LogP contribution in [-0.2, 0) is 0 Å². The Hall–Kier alpha value is -0.0800. The SMILES string of the molecule is CC1CCC(N2CCC(C)(O)C2)CC1C. The van der Waals surface area contributed by atoms with Gasteiger partial charge < -0.3 is 5.11 Å². The van der Waals surface area contributed by atoms with Crippen molar-refractivity contribution in [1.82, 2.24) is 4.90 Å². The fraction of sp³-hybridized carbons (Fsp3) is 1.00. The van der Waals surface area contributed by atoms with Crippen molar-refractivity contribution in [1.29, 1.82) is 0 Å². The summed E-state index contributed by atoms with van der Waals surface area (Å²) >= 11 is 0. The standard InChI is InChI=1S/C13H25NO/c1-10-4-5-12(8-11(10)2)14-7-6-13(3,15)9-14/h10-12,15H,4-9H2,1-3H3. The monoisotopic (exact) mass is 211 g/mol. The van der Waals surface area contributed by atoms with Crippen molar-refractivity contribution in [3.05, 3.63) is 0 Å². The molecule has 1 heterocycles. The summed E-state index contributed by atoms with van der Waals surface area (Å²) in [6, 6.07) is 0.741. The molecule has 0 aromatic carbocycles. The molecule has 4 atom stereocenters. The maximum atomic E-state index is 9.97. The van der Waals surface area contributed by atoms with Crippen LogP contribution in [0.2, 0.25) is 0 Å². The van der Waals surface area contributed by atoms with Gasteiger partial charge in [-0.2, -0.15) is 0 Å². The first-order valence-corrected chi connectivity index (χ1v) is 6.44. The van der Waals surface area contributed by atoms with Crippen LogP contribution < -0.4 is 0 Å². The molecule has 4 unspecified atom stereocenters. The van der Waals surface area contributed by atoms with Gasteiger partial charge in [0.05, 0.1) is 5.60 Å². The van der Waals surface area contributed by atoms with Gasteiger partial charge in [0, 0.05) is 19.1 Å². The summed E-state index contributed by atoms with van der Waals surface area (Å²) in [6.45, 7) is 8.71. The van der Waals surface area contributed by atoms with Crippen molar-refractivity contribution in [2.45, 2.75) is 58.1 Å². The highest BCUT2D eigenvalue weighted by molar-refractivity contribution is 4.91. The lowest BCUT2D eigenvalue weighted by molar-refractivity contribution is 0.0513. The van der Waals surface area contributed by atoms with Gasteiger partial charge in [0.15, 0.2) is 0 Å². The molecule has 1 saturated carbocycles. The zero-order chi connectivity index (χ0) is 11.1. The highest BCUT2D eigenvalue weighted by Crippen LogP contribution is 2.34. The molecule has 0 amide bonds. The summed E-state index contributed by atoms with van der Waals surface area (Å²) in [5.74, 6) is 1.75. The molecule has 2 aliphatic rings. The Bertz CT molecular complexity index is 227. The molecule has 88 valence electrons. The largest absolute Gasteiger partial charge is 0.389 e. The summed E-state index contributed by atoms with van der Waals surface area (Å²) < 4.78 is 0. The second kappa shape index (κ2) is 4.06. The molecule has 0 aromatic rings. The fourth-order valence-corrected chi connectivity index (χ4v) is 3.14. The molecule has 15 heavy (non-hydrogen) atoms. The molecule has 1 saturated heterocycles. The average molecular weight is 211 g/mol. The van der Waals surface area contributed by atoms with E-state index in [-0.39, 0.29) is 0 Å². The van der Waals surface area contributed by atoms with Crippen molar-refractivity contribution in [3.63, 3.8) is 0 Å². The molecule has 1 N–H and O–H groups in total. The Kier molecular flexibility index (Phi) is 3.09. The molecular weight excluding hydrogens is 186 g/mol. The number of hydrogen-bond donors (Lipinski definition) is 1. The molecule has 0 aromatic heterocycles. The van der Waals surface area contributed by atoms with Gasteiger partial charge in [-0.3, -0.25) is 4.90 Å². The molecule has 2 heteroatoms. The molecule has 0 spiro atoms. The average Bonchev–Trinajstić information content (AvgIpc) is 2.51. The van der Waals surface area contributed by atoms with E-state index < -0.39 is 5.60 Å². The van der Waals surface area contributed by atoms with Crippen LogP contribution in [0.25, 0.3) is 0 Å². The lowest BCUT2D eigenvalue weighted by atomic mass is 9.78. The fourth-order valence-electron chi connectivity index (χ4n) is 3.14. The zero-order valence-electron chi connectivity index (χ0n) is 10.4. The van der Waals surface area contributed by atoms with E-state index in [0.29, 0.717) is 0 Å². The van der Waals surface area contributed by atoms with Crippen LogP contribution in [0, 0.1) is 11.8 Å². The summed E-state index contributed by atoms with van der Waals surface area (Å²) in [6.07, 6.45) is 4.98. The van der Waals surface area contributed by atoms with Crippen LogP contribution in [0.5, 0.6) is 0 Å². The maximum Gasteiger partial charge on any atom is 0.0758 e. The van der Waals surface area contributed by atoms with Crippen molar-refractivity contribution in [2.24, 2.45) is 11.8 Å². The lowest BCUT2D eigenvalue weighted by Gasteiger charge is -2.37. The third kappa shape index (κ3) is 2.54. The quantitative estimate of drug-likeness (QED) is 0.719. The van der Waals surface area contributed by atoms with Gasteiger partial charge in [-0.25, -0.2) is 0 Å². The van der Waals surface area contributed by atoms with Crippen LogP contribution in [0.15, 0.2) is 0 Å². The van der Waals surface area contributed by atoms with E-state index in [2.05, 4.69) is 18.7 Å². The Balaban J connectivity index is 1.90. The van der Waals surface area contributed by atoms with Crippen molar-refractivity contribution < 1.29 is 5.11 Å². The van der Waals surface area contributed by atoms with Crippen molar-refractivity contribution in [2.75, 3.05) is 13.1 Å². The molecule has 1 aliphatic heterocycles. The summed E-state index contributed by atoms with van der Waals surface area (Å²) in [5.41, 5.74) is -0.424. The van der Waals surface area contributed by atoms with E-state index in [1.165, 1.54) is 19.3 Å². The minimum atomic E-state index is -0.424. The molecule has 1 aliphatic carbocycles. The molecular formula is C13H25NO. The van der Waals surface area contributed by atoms with Crippen LogP contribution in [0.3, 0.4) is 0 Å². The number of aliphatic hydroxyl groups is 1.